The molecule has 2 aliphatic rings. The second-order valence-electron chi connectivity index (χ2n) is 8.10. The Kier molecular flexibility index (Phi) is 5.45. The number of fused-ring (bicyclic) bond motifs is 1. The van der Waals surface area contributed by atoms with E-state index in [1.54, 1.807) is 18.3 Å². The maximum atomic E-state index is 15.0. The molecule has 0 radical (unpaired) electrons. The van der Waals surface area contributed by atoms with Crippen LogP contribution in [0.25, 0.3) is 11.2 Å². The fraction of sp³-hybridized carbons (Fsp3) is 0.364. The lowest BCUT2D eigenvalue weighted by Gasteiger charge is -2.36. The molecule has 1 atom stereocenters. The highest BCUT2D eigenvalue weighted by atomic mass is 19.1. The fourth-order valence-electron chi connectivity index (χ4n) is 4.16. The number of nitrogens with one attached hydrogen (secondary N) is 2. The van der Waals surface area contributed by atoms with Gasteiger partial charge in [0.15, 0.2) is 5.65 Å². The summed E-state index contributed by atoms with van der Waals surface area (Å²) in [5.74, 6) is 0.171. The van der Waals surface area contributed by atoms with Crippen LogP contribution in [0.2, 0.25) is 0 Å². The molecule has 4 heterocycles. The zero-order valence-electron chi connectivity index (χ0n) is 18.1. The minimum Gasteiger partial charge on any atom is -0.442 e. The largest absolute Gasteiger partial charge is 0.442 e. The Balaban J connectivity index is 1.23. The molecule has 0 bridgehead atoms. The number of amides is 2. The molecule has 172 valence electrons. The molecule has 10 nitrogen and oxygen atoms in total. The Morgan fingerprint density at radius 1 is 1.24 bits per heavy atom. The number of pyridine rings is 1. The van der Waals surface area contributed by atoms with Crippen LogP contribution in [0.3, 0.4) is 0 Å². The lowest BCUT2D eigenvalue weighted by Crippen LogP contribution is -2.47. The van der Waals surface area contributed by atoms with E-state index < -0.39 is 18.0 Å². The molecule has 0 unspecified atom stereocenters. The first-order valence-corrected chi connectivity index (χ1v) is 10.8. The number of ether oxygens (including phenoxy) is 1. The van der Waals surface area contributed by atoms with E-state index in [4.69, 9.17) is 4.74 Å². The molecule has 2 fully saturated rings. The molecule has 2 aromatic heterocycles. The summed E-state index contributed by atoms with van der Waals surface area (Å²) in [6, 6.07) is 8.57. The summed E-state index contributed by atoms with van der Waals surface area (Å²) in [6.07, 6.45) is 0.694. The molecule has 2 saturated heterocycles. The molecule has 1 aromatic carbocycles. The number of nitrogens with zero attached hydrogens (tertiary/aromatic N) is 5. The number of cyclic esters (lactones) is 1. The van der Waals surface area contributed by atoms with Crippen molar-refractivity contribution >= 4 is 40.5 Å². The highest BCUT2D eigenvalue weighted by Crippen LogP contribution is 2.29. The van der Waals surface area contributed by atoms with Gasteiger partial charge in [-0.1, -0.05) is 0 Å². The molecular formula is C22H24FN7O3. The summed E-state index contributed by atoms with van der Waals surface area (Å²) < 4.78 is 20.3. The third kappa shape index (κ3) is 4.26. The number of H-pyrrole nitrogens is 1. The topological polar surface area (TPSA) is 107 Å². The van der Waals surface area contributed by atoms with Crippen molar-refractivity contribution in [3.63, 3.8) is 0 Å². The Morgan fingerprint density at radius 3 is 2.76 bits per heavy atom. The van der Waals surface area contributed by atoms with Crippen molar-refractivity contribution in [1.82, 2.24) is 20.3 Å². The monoisotopic (exact) mass is 453 g/mol. The zero-order valence-corrected chi connectivity index (χ0v) is 18.1. The number of aromatic amines is 1. The van der Waals surface area contributed by atoms with E-state index in [2.05, 4.69) is 25.2 Å². The van der Waals surface area contributed by atoms with Crippen LogP contribution in [0.4, 0.5) is 26.5 Å². The molecular weight excluding hydrogens is 429 g/mol. The van der Waals surface area contributed by atoms with Crippen LogP contribution in [0.5, 0.6) is 0 Å². The van der Waals surface area contributed by atoms with Crippen molar-refractivity contribution in [2.75, 3.05) is 54.0 Å². The van der Waals surface area contributed by atoms with Gasteiger partial charge in [0.2, 0.25) is 11.9 Å². The van der Waals surface area contributed by atoms with Crippen LogP contribution in [-0.2, 0) is 9.53 Å². The average molecular weight is 453 g/mol. The third-order valence-electron chi connectivity index (χ3n) is 5.86. The van der Waals surface area contributed by atoms with Gasteiger partial charge >= 0.3 is 6.09 Å². The van der Waals surface area contributed by atoms with Crippen molar-refractivity contribution in [3.8, 4) is 0 Å². The zero-order chi connectivity index (χ0) is 22.9. The van der Waals surface area contributed by atoms with Gasteiger partial charge in [0.05, 0.1) is 30.0 Å². The number of benzene rings is 1. The number of hydrogen-bond donors (Lipinski definition) is 2. The standard InChI is InChI=1S/C22H24FN7O3/c1-14(31)25-12-16-13-30(22(32)33-16)15-4-5-19(17(23)11-15)28-7-9-29(10-8-28)21-26-18-3-2-6-24-20(18)27-21/h2-6,11,16H,7-10,12-13H2,1H3,(H,25,31)(H,24,26,27)/t16-/m0/s1. The van der Waals surface area contributed by atoms with Gasteiger partial charge in [0.25, 0.3) is 0 Å². The average Bonchev–Trinajstić information content (AvgIpc) is 3.41. The number of carbonyl (C=O) groups is 2. The fourth-order valence-corrected chi connectivity index (χ4v) is 4.16. The molecule has 5 rings (SSSR count). The predicted molar refractivity (Wildman–Crippen MR) is 121 cm³/mol. The SMILES string of the molecule is CC(=O)NC[C@H]1CN(c2ccc(N3CCN(c4nc5ncccc5[nH]4)CC3)c(F)c2)C(=O)O1. The molecule has 0 spiro atoms. The van der Waals surface area contributed by atoms with Gasteiger partial charge in [-0.05, 0) is 30.3 Å². The van der Waals surface area contributed by atoms with Gasteiger partial charge in [0.1, 0.15) is 11.9 Å². The lowest BCUT2D eigenvalue weighted by molar-refractivity contribution is -0.119. The molecule has 0 aliphatic carbocycles. The number of piperazine rings is 1. The van der Waals surface area contributed by atoms with Crippen molar-refractivity contribution in [1.29, 1.82) is 0 Å². The summed E-state index contributed by atoms with van der Waals surface area (Å²) in [5, 5.41) is 2.63. The van der Waals surface area contributed by atoms with E-state index >= 15 is 4.39 Å². The number of anilines is 3. The van der Waals surface area contributed by atoms with Crippen LogP contribution in [0, 0.1) is 5.82 Å². The van der Waals surface area contributed by atoms with Crippen LogP contribution in [0.15, 0.2) is 36.5 Å². The smallest absolute Gasteiger partial charge is 0.414 e. The van der Waals surface area contributed by atoms with Gasteiger partial charge in [-0.3, -0.25) is 9.69 Å². The van der Waals surface area contributed by atoms with Crippen molar-refractivity contribution in [3.05, 3.63) is 42.3 Å². The summed E-state index contributed by atoms with van der Waals surface area (Å²) in [6.45, 7) is 4.51. The summed E-state index contributed by atoms with van der Waals surface area (Å²) in [5.41, 5.74) is 2.49. The van der Waals surface area contributed by atoms with E-state index in [9.17, 15) is 9.59 Å². The number of rotatable bonds is 5. The number of hydrogen-bond acceptors (Lipinski definition) is 7. The Bertz CT molecular complexity index is 1160. The van der Waals surface area contributed by atoms with Crippen LogP contribution >= 0.6 is 0 Å². The minimum atomic E-state index is -0.550. The quantitative estimate of drug-likeness (QED) is 0.608. The second-order valence-corrected chi connectivity index (χ2v) is 8.10. The van der Waals surface area contributed by atoms with E-state index in [-0.39, 0.29) is 19.0 Å². The first kappa shape index (κ1) is 21.0. The number of carbonyl (C=O) groups excluding carboxylic acids is 2. The molecule has 2 aliphatic heterocycles. The summed E-state index contributed by atoms with van der Waals surface area (Å²) >= 11 is 0. The molecule has 0 saturated carbocycles. The van der Waals surface area contributed by atoms with E-state index in [0.717, 1.165) is 11.5 Å². The van der Waals surface area contributed by atoms with E-state index in [1.807, 2.05) is 17.0 Å². The first-order chi connectivity index (χ1) is 16.0. The van der Waals surface area contributed by atoms with Crippen LogP contribution in [0.1, 0.15) is 6.92 Å². The molecule has 3 aromatic rings. The maximum Gasteiger partial charge on any atom is 0.414 e. The Morgan fingerprint density at radius 2 is 2.03 bits per heavy atom. The normalized spacial score (nSPS) is 18.7. The summed E-state index contributed by atoms with van der Waals surface area (Å²) in [7, 11) is 0. The van der Waals surface area contributed by atoms with Gasteiger partial charge < -0.3 is 24.8 Å². The highest BCUT2D eigenvalue weighted by Gasteiger charge is 2.33. The second kappa shape index (κ2) is 8.57. The highest BCUT2D eigenvalue weighted by molar-refractivity contribution is 5.90. The number of imidazole rings is 1. The Hall–Kier alpha value is -3.89. The number of halogens is 1. The maximum absolute atomic E-state index is 15.0. The van der Waals surface area contributed by atoms with Crippen molar-refractivity contribution < 1.29 is 18.7 Å². The van der Waals surface area contributed by atoms with E-state index in [1.165, 1.54) is 17.9 Å². The van der Waals surface area contributed by atoms with Crippen LogP contribution in [-0.4, -0.2) is 72.3 Å². The molecule has 2 amide bonds. The number of aromatic nitrogens is 3. The van der Waals surface area contributed by atoms with Crippen molar-refractivity contribution in [2.45, 2.75) is 13.0 Å². The predicted octanol–water partition coefficient (Wildman–Crippen LogP) is 1.88. The third-order valence-corrected chi connectivity index (χ3v) is 5.86. The van der Waals surface area contributed by atoms with Gasteiger partial charge in [-0.2, -0.15) is 4.98 Å². The van der Waals surface area contributed by atoms with Gasteiger partial charge in [-0.15, -0.1) is 0 Å². The molecule has 33 heavy (non-hydrogen) atoms. The van der Waals surface area contributed by atoms with Crippen molar-refractivity contribution in [2.24, 2.45) is 0 Å². The minimum absolute atomic E-state index is 0.197. The molecule has 11 heteroatoms. The Labute approximate surface area is 189 Å². The van der Waals surface area contributed by atoms with Crippen LogP contribution < -0.4 is 20.0 Å². The van der Waals surface area contributed by atoms with Gasteiger partial charge in [0, 0.05) is 39.3 Å². The summed E-state index contributed by atoms with van der Waals surface area (Å²) in [4.78, 5) is 40.8. The molecule has 2 N–H and O–H groups in total. The van der Waals surface area contributed by atoms with Gasteiger partial charge in [-0.25, -0.2) is 14.2 Å². The lowest BCUT2D eigenvalue weighted by atomic mass is 10.2. The first-order valence-electron chi connectivity index (χ1n) is 10.8. The van der Waals surface area contributed by atoms with E-state index in [0.29, 0.717) is 43.2 Å².